The first-order valence-corrected chi connectivity index (χ1v) is 9.16. The summed E-state index contributed by atoms with van der Waals surface area (Å²) in [5.74, 6) is 1.45. The minimum atomic E-state index is 0.357. The monoisotopic (exact) mass is 338 g/mol. The summed E-state index contributed by atoms with van der Waals surface area (Å²) in [5.41, 5.74) is 2.68. The second-order valence-electron chi connectivity index (χ2n) is 6.67. The van der Waals surface area contributed by atoms with Crippen LogP contribution in [-0.2, 0) is 0 Å². The van der Waals surface area contributed by atoms with Gasteiger partial charge in [0.15, 0.2) is 0 Å². The summed E-state index contributed by atoms with van der Waals surface area (Å²) < 4.78 is 0. The standard InChI is InChI=1S/C19H22N4S/c1-12-13(2)24-19-17(12)18(20-11-21-19)22-16-10-23(3)9-15(16)14-7-5-4-6-8-14/h4-8,11,15-16H,9-10H2,1-3H3,(H,20,21,22)/t15-,16-/m0/s1. The second-order valence-corrected chi connectivity index (χ2v) is 7.88. The fourth-order valence-corrected chi connectivity index (χ4v) is 4.65. The molecule has 0 saturated carbocycles. The molecular formula is C19H22N4S. The van der Waals surface area contributed by atoms with Crippen LogP contribution in [-0.4, -0.2) is 41.0 Å². The lowest BCUT2D eigenvalue weighted by Crippen LogP contribution is -2.28. The lowest BCUT2D eigenvalue weighted by atomic mass is 9.94. The number of rotatable bonds is 3. The zero-order valence-electron chi connectivity index (χ0n) is 14.3. The Morgan fingerprint density at radius 2 is 1.92 bits per heavy atom. The van der Waals surface area contributed by atoms with E-state index in [1.54, 1.807) is 17.7 Å². The van der Waals surface area contributed by atoms with Crippen LogP contribution < -0.4 is 5.32 Å². The summed E-state index contributed by atoms with van der Waals surface area (Å²) in [7, 11) is 2.19. The van der Waals surface area contributed by atoms with Crippen LogP contribution >= 0.6 is 11.3 Å². The van der Waals surface area contributed by atoms with Crippen LogP contribution in [0.1, 0.15) is 21.9 Å². The van der Waals surface area contributed by atoms with Gasteiger partial charge >= 0.3 is 0 Å². The van der Waals surface area contributed by atoms with Crippen molar-refractivity contribution >= 4 is 27.4 Å². The number of likely N-dealkylation sites (N-methyl/N-ethyl adjacent to an activating group) is 1. The number of thiophene rings is 1. The molecule has 1 aliphatic heterocycles. The first-order valence-electron chi connectivity index (χ1n) is 8.34. The van der Waals surface area contributed by atoms with Crippen molar-refractivity contribution in [3.63, 3.8) is 0 Å². The number of anilines is 1. The van der Waals surface area contributed by atoms with E-state index in [0.717, 1.165) is 23.7 Å². The smallest absolute Gasteiger partial charge is 0.138 e. The van der Waals surface area contributed by atoms with Gasteiger partial charge in [0.2, 0.25) is 0 Å². The van der Waals surface area contributed by atoms with Gasteiger partial charge in [-0.05, 0) is 32.0 Å². The number of benzene rings is 1. The third-order valence-electron chi connectivity index (χ3n) is 5.02. The molecule has 2 aromatic heterocycles. The Morgan fingerprint density at radius 1 is 1.12 bits per heavy atom. The molecule has 0 unspecified atom stereocenters. The molecule has 0 aliphatic carbocycles. The molecule has 124 valence electrons. The van der Waals surface area contributed by atoms with E-state index in [0.29, 0.717) is 12.0 Å². The van der Waals surface area contributed by atoms with E-state index in [1.807, 2.05) is 0 Å². The van der Waals surface area contributed by atoms with Crippen molar-refractivity contribution in [2.75, 3.05) is 25.5 Å². The molecule has 4 rings (SSSR count). The van der Waals surface area contributed by atoms with Gasteiger partial charge in [-0.1, -0.05) is 30.3 Å². The second kappa shape index (κ2) is 6.15. The molecule has 0 amide bonds. The molecular weight excluding hydrogens is 316 g/mol. The highest BCUT2D eigenvalue weighted by Crippen LogP contribution is 2.35. The van der Waals surface area contributed by atoms with Gasteiger partial charge in [0.1, 0.15) is 17.0 Å². The fourth-order valence-electron chi connectivity index (χ4n) is 3.65. The van der Waals surface area contributed by atoms with Gasteiger partial charge in [-0.25, -0.2) is 9.97 Å². The molecule has 24 heavy (non-hydrogen) atoms. The largest absolute Gasteiger partial charge is 0.365 e. The maximum atomic E-state index is 4.56. The van der Waals surface area contributed by atoms with Gasteiger partial charge in [-0.15, -0.1) is 11.3 Å². The molecule has 5 heteroatoms. The molecule has 1 aliphatic rings. The zero-order chi connectivity index (χ0) is 16.7. The number of likely N-dealkylation sites (tertiary alicyclic amines) is 1. The van der Waals surface area contributed by atoms with Crippen LogP contribution in [0.5, 0.6) is 0 Å². The SMILES string of the molecule is Cc1sc2ncnc(N[C@H]3CN(C)C[C@H]3c3ccccc3)c2c1C. The highest BCUT2D eigenvalue weighted by atomic mass is 32.1. The van der Waals surface area contributed by atoms with Crippen LogP contribution in [0.3, 0.4) is 0 Å². The van der Waals surface area contributed by atoms with Gasteiger partial charge < -0.3 is 10.2 Å². The molecule has 3 heterocycles. The lowest BCUT2D eigenvalue weighted by molar-refractivity contribution is 0.409. The Hall–Kier alpha value is -1.98. The summed E-state index contributed by atoms with van der Waals surface area (Å²) >= 11 is 1.75. The highest BCUT2D eigenvalue weighted by molar-refractivity contribution is 7.18. The summed E-state index contributed by atoms with van der Waals surface area (Å²) in [5, 5.41) is 4.91. The number of aryl methyl sites for hydroxylation is 2. The first kappa shape index (κ1) is 15.5. The average Bonchev–Trinajstić information content (AvgIpc) is 3.09. The Labute approximate surface area is 146 Å². The molecule has 1 aromatic carbocycles. The van der Waals surface area contributed by atoms with Crippen molar-refractivity contribution < 1.29 is 0 Å². The third-order valence-corrected chi connectivity index (χ3v) is 6.13. The van der Waals surface area contributed by atoms with E-state index in [4.69, 9.17) is 0 Å². The van der Waals surface area contributed by atoms with Crippen molar-refractivity contribution in [3.8, 4) is 0 Å². The number of hydrogen-bond donors (Lipinski definition) is 1. The van der Waals surface area contributed by atoms with Gasteiger partial charge in [0, 0.05) is 29.9 Å². The molecule has 0 spiro atoms. The minimum absolute atomic E-state index is 0.357. The number of fused-ring (bicyclic) bond motifs is 1. The molecule has 1 fully saturated rings. The fraction of sp³-hybridized carbons (Fsp3) is 0.368. The number of nitrogens with zero attached hydrogens (tertiary/aromatic N) is 3. The minimum Gasteiger partial charge on any atom is -0.365 e. The van der Waals surface area contributed by atoms with E-state index in [-0.39, 0.29) is 0 Å². The van der Waals surface area contributed by atoms with Crippen LogP contribution in [0.25, 0.3) is 10.2 Å². The Morgan fingerprint density at radius 3 is 2.71 bits per heavy atom. The van der Waals surface area contributed by atoms with Crippen LogP contribution in [0.4, 0.5) is 5.82 Å². The predicted octanol–water partition coefficient (Wildman–Crippen LogP) is 3.82. The van der Waals surface area contributed by atoms with Gasteiger partial charge in [0.25, 0.3) is 0 Å². The van der Waals surface area contributed by atoms with E-state index >= 15 is 0 Å². The van der Waals surface area contributed by atoms with Crippen LogP contribution in [0, 0.1) is 13.8 Å². The number of hydrogen-bond acceptors (Lipinski definition) is 5. The van der Waals surface area contributed by atoms with Crippen molar-refractivity contribution in [3.05, 3.63) is 52.7 Å². The Bertz CT molecular complexity index is 858. The average molecular weight is 338 g/mol. The van der Waals surface area contributed by atoms with Gasteiger partial charge in [-0.2, -0.15) is 0 Å². The molecule has 4 nitrogen and oxygen atoms in total. The Kier molecular flexibility index (Phi) is 3.98. The Balaban J connectivity index is 1.69. The predicted molar refractivity (Wildman–Crippen MR) is 101 cm³/mol. The van der Waals surface area contributed by atoms with Gasteiger partial charge in [0.05, 0.1) is 5.39 Å². The van der Waals surface area contributed by atoms with Crippen molar-refractivity contribution in [2.24, 2.45) is 0 Å². The highest BCUT2D eigenvalue weighted by Gasteiger charge is 2.32. The maximum Gasteiger partial charge on any atom is 0.138 e. The summed E-state index contributed by atoms with van der Waals surface area (Å²) in [6.45, 7) is 6.41. The van der Waals surface area contributed by atoms with E-state index < -0.39 is 0 Å². The topological polar surface area (TPSA) is 41.1 Å². The molecule has 1 saturated heterocycles. The van der Waals surface area contributed by atoms with E-state index in [1.165, 1.54) is 21.4 Å². The maximum absolute atomic E-state index is 4.56. The summed E-state index contributed by atoms with van der Waals surface area (Å²) in [6.07, 6.45) is 1.68. The lowest BCUT2D eigenvalue weighted by Gasteiger charge is -2.21. The van der Waals surface area contributed by atoms with E-state index in [9.17, 15) is 0 Å². The van der Waals surface area contributed by atoms with Crippen molar-refractivity contribution in [2.45, 2.75) is 25.8 Å². The van der Waals surface area contributed by atoms with Crippen LogP contribution in [0.2, 0.25) is 0 Å². The quantitative estimate of drug-likeness (QED) is 0.788. The molecule has 0 radical (unpaired) electrons. The van der Waals surface area contributed by atoms with Crippen LogP contribution in [0.15, 0.2) is 36.7 Å². The first-order chi connectivity index (χ1) is 11.6. The van der Waals surface area contributed by atoms with Gasteiger partial charge in [-0.3, -0.25) is 0 Å². The summed E-state index contributed by atoms with van der Waals surface area (Å²) in [6, 6.07) is 11.1. The molecule has 2 atom stereocenters. The number of nitrogens with one attached hydrogen (secondary N) is 1. The molecule has 0 bridgehead atoms. The number of aromatic nitrogens is 2. The summed E-state index contributed by atoms with van der Waals surface area (Å²) in [4.78, 5) is 13.8. The van der Waals surface area contributed by atoms with E-state index in [2.05, 4.69) is 71.4 Å². The third kappa shape index (κ3) is 2.68. The molecule has 1 N–H and O–H groups in total. The van der Waals surface area contributed by atoms with Crippen molar-refractivity contribution in [1.82, 2.24) is 14.9 Å². The zero-order valence-corrected chi connectivity index (χ0v) is 15.1. The normalized spacial score (nSPS) is 21.5. The van der Waals surface area contributed by atoms with Crippen molar-refractivity contribution in [1.29, 1.82) is 0 Å². The molecule has 3 aromatic rings.